The SMILES string of the molecule is CC1=[N+](CCCCS(=O)(=O)O)c2ccc(S(=O)(=O)c3cccc(C)c3)cc2C1C. The average Bonchev–Trinajstić information content (AvgIpc) is 2.88. The largest absolute Gasteiger partial charge is 0.286 e. The van der Waals surface area contributed by atoms with Gasteiger partial charge in [-0.3, -0.25) is 4.55 Å². The Morgan fingerprint density at radius 3 is 2.31 bits per heavy atom. The van der Waals surface area contributed by atoms with Gasteiger partial charge in [0.15, 0.2) is 5.71 Å². The van der Waals surface area contributed by atoms with Crippen LogP contribution < -0.4 is 0 Å². The number of nitrogens with zero attached hydrogens (tertiary/aromatic N) is 1. The van der Waals surface area contributed by atoms with Gasteiger partial charge in [0.05, 0.1) is 21.5 Å². The van der Waals surface area contributed by atoms with Crippen molar-refractivity contribution >= 4 is 31.4 Å². The Morgan fingerprint density at radius 1 is 0.966 bits per heavy atom. The third-order valence-electron chi connectivity index (χ3n) is 5.45. The first-order valence-corrected chi connectivity index (χ1v) is 12.6. The second-order valence-corrected chi connectivity index (χ2v) is 11.1. The lowest BCUT2D eigenvalue weighted by Crippen LogP contribution is -2.14. The number of hydrogen-bond acceptors (Lipinski definition) is 4. The molecule has 3 rings (SSSR count). The fourth-order valence-corrected chi connectivity index (χ4v) is 5.68. The van der Waals surface area contributed by atoms with Gasteiger partial charge in [-0.25, -0.2) is 8.42 Å². The Labute approximate surface area is 172 Å². The number of hydrogen-bond donors (Lipinski definition) is 1. The molecule has 0 aliphatic carbocycles. The molecule has 6 nitrogen and oxygen atoms in total. The maximum absolute atomic E-state index is 13.1. The highest BCUT2D eigenvalue weighted by molar-refractivity contribution is 7.91. The van der Waals surface area contributed by atoms with Gasteiger partial charge in [-0.05, 0) is 50.1 Å². The van der Waals surface area contributed by atoms with E-state index in [-0.39, 0.29) is 21.5 Å². The normalized spacial score (nSPS) is 16.9. The third-order valence-corrected chi connectivity index (χ3v) is 8.01. The van der Waals surface area contributed by atoms with Crippen LogP contribution in [-0.2, 0) is 20.0 Å². The molecule has 0 amide bonds. The van der Waals surface area contributed by atoms with Gasteiger partial charge in [0.1, 0.15) is 6.54 Å². The second-order valence-electron chi connectivity index (χ2n) is 7.55. The molecule has 0 fully saturated rings. The van der Waals surface area contributed by atoms with E-state index < -0.39 is 20.0 Å². The molecule has 2 aromatic rings. The molecular formula is C21H26NO5S2+. The van der Waals surface area contributed by atoms with E-state index in [1.54, 1.807) is 30.3 Å². The van der Waals surface area contributed by atoms with Crippen molar-refractivity contribution in [1.29, 1.82) is 0 Å². The molecule has 1 aliphatic heterocycles. The van der Waals surface area contributed by atoms with E-state index in [1.807, 2.05) is 32.9 Å². The summed E-state index contributed by atoms with van der Waals surface area (Å²) in [6, 6.07) is 12.1. The van der Waals surface area contributed by atoms with E-state index in [1.165, 1.54) is 0 Å². The van der Waals surface area contributed by atoms with Gasteiger partial charge in [-0.2, -0.15) is 13.0 Å². The van der Waals surface area contributed by atoms with E-state index in [0.29, 0.717) is 19.4 Å². The molecule has 0 spiro atoms. The molecule has 156 valence electrons. The molecule has 0 aromatic heterocycles. The Bertz CT molecular complexity index is 1180. The number of rotatable bonds is 7. The maximum atomic E-state index is 13.1. The van der Waals surface area contributed by atoms with Crippen LogP contribution in [0.3, 0.4) is 0 Å². The summed E-state index contributed by atoms with van der Waals surface area (Å²) in [5.74, 6) is -0.185. The number of unbranched alkanes of at least 4 members (excludes halogenated alkanes) is 1. The monoisotopic (exact) mass is 436 g/mol. The van der Waals surface area contributed by atoms with Gasteiger partial charge in [-0.15, -0.1) is 0 Å². The van der Waals surface area contributed by atoms with Crippen LogP contribution in [0.2, 0.25) is 0 Å². The summed E-state index contributed by atoms with van der Waals surface area (Å²) in [6.07, 6.45) is 0.971. The fraction of sp³-hybridized carbons (Fsp3) is 0.381. The van der Waals surface area contributed by atoms with Crippen molar-refractivity contribution in [1.82, 2.24) is 0 Å². The van der Waals surface area contributed by atoms with Gasteiger partial charge in [0, 0.05) is 25.0 Å². The maximum Gasteiger partial charge on any atom is 0.264 e. The minimum Gasteiger partial charge on any atom is -0.286 e. The van der Waals surface area contributed by atoms with Crippen LogP contribution in [0, 0.1) is 6.92 Å². The van der Waals surface area contributed by atoms with Crippen molar-refractivity contribution in [3.63, 3.8) is 0 Å². The highest BCUT2D eigenvalue weighted by atomic mass is 32.2. The van der Waals surface area contributed by atoms with Gasteiger partial charge in [-0.1, -0.05) is 12.1 Å². The molecule has 1 N–H and O–H groups in total. The highest BCUT2D eigenvalue weighted by Gasteiger charge is 2.34. The lowest BCUT2D eigenvalue weighted by atomic mass is 9.99. The zero-order valence-electron chi connectivity index (χ0n) is 16.8. The molecule has 0 radical (unpaired) electrons. The van der Waals surface area contributed by atoms with Crippen molar-refractivity contribution < 1.29 is 26.0 Å². The van der Waals surface area contributed by atoms with Crippen LogP contribution in [0.1, 0.15) is 43.7 Å². The third kappa shape index (κ3) is 4.60. The molecule has 1 atom stereocenters. The molecule has 8 heteroatoms. The van der Waals surface area contributed by atoms with Crippen LogP contribution in [0.5, 0.6) is 0 Å². The van der Waals surface area contributed by atoms with E-state index >= 15 is 0 Å². The highest BCUT2D eigenvalue weighted by Crippen LogP contribution is 2.37. The van der Waals surface area contributed by atoms with Crippen molar-refractivity contribution in [2.24, 2.45) is 0 Å². The summed E-state index contributed by atoms with van der Waals surface area (Å²) >= 11 is 0. The quantitative estimate of drug-likeness (QED) is 0.406. The lowest BCUT2D eigenvalue weighted by molar-refractivity contribution is -0.439. The number of fused-ring (bicyclic) bond motifs is 1. The summed E-state index contributed by atoms with van der Waals surface area (Å²) in [5.41, 5.74) is 3.88. The summed E-state index contributed by atoms with van der Waals surface area (Å²) in [7, 11) is -7.55. The Morgan fingerprint density at radius 2 is 1.66 bits per heavy atom. The summed E-state index contributed by atoms with van der Waals surface area (Å²) in [6.45, 7) is 6.52. The number of benzene rings is 2. The molecule has 0 bridgehead atoms. The van der Waals surface area contributed by atoms with Crippen LogP contribution in [-0.4, -0.2) is 44.0 Å². The van der Waals surface area contributed by atoms with Crippen molar-refractivity contribution in [2.45, 2.75) is 49.3 Å². The summed E-state index contributed by atoms with van der Waals surface area (Å²) < 4.78 is 58.9. The van der Waals surface area contributed by atoms with Crippen LogP contribution in [0.15, 0.2) is 52.3 Å². The number of aryl methyl sites for hydroxylation is 1. The van der Waals surface area contributed by atoms with Gasteiger partial charge in [0.25, 0.3) is 10.1 Å². The molecule has 0 saturated carbocycles. The Balaban J connectivity index is 1.87. The van der Waals surface area contributed by atoms with Crippen LogP contribution in [0.25, 0.3) is 0 Å². The Hall–Kier alpha value is -2.03. The smallest absolute Gasteiger partial charge is 0.264 e. The lowest BCUT2D eigenvalue weighted by Gasteiger charge is -2.08. The second kappa shape index (κ2) is 8.01. The first kappa shape index (κ1) is 21.7. The van der Waals surface area contributed by atoms with E-state index in [0.717, 1.165) is 22.5 Å². The molecule has 1 unspecified atom stereocenters. The van der Waals surface area contributed by atoms with E-state index in [9.17, 15) is 16.8 Å². The zero-order valence-corrected chi connectivity index (χ0v) is 18.4. The van der Waals surface area contributed by atoms with Gasteiger partial charge in [0.2, 0.25) is 15.5 Å². The minimum atomic E-state index is -3.95. The van der Waals surface area contributed by atoms with Crippen LogP contribution >= 0.6 is 0 Å². The minimum absolute atomic E-state index is 0.0687. The van der Waals surface area contributed by atoms with Gasteiger partial charge >= 0.3 is 0 Å². The van der Waals surface area contributed by atoms with Crippen molar-refractivity contribution in [2.75, 3.05) is 12.3 Å². The van der Waals surface area contributed by atoms with Gasteiger partial charge < -0.3 is 0 Å². The molecule has 1 heterocycles. The predicted octanol–water partition coefficient (Wildman–Crippen LogP) is 3.72. The molecular weight excluding hydrogens is 410 g/mol. The Kier molecular flexibility index (Phi) is 5.98. The molecule has 0 saturated heterocycles. The summed E-state index contributed by atoms with van der Waals surface area (Å²) in [4.78, 5) is 0.556. The first-order chi connectivity index (χ1) is 13.5. The first-order valence-electron chi connectivity index (χ1n) is 9.52. The topological polar surface area (TPSA) is 91.5 Å². The number of sulfone groups is 1. The molecule has 29 heavy (non-hydrogen) atoms. The predicted molar refractivity (Wildman–Crippen MR) is 113 cm³/mol. The van der Waals surface area contributed by atoms with E-state index in [2.05, 4.69) is 4.58 Å². The molecule has 1 aliphatic rings. The standard InChI is InChI=1S/C21H25NO5S2/c1-15-7-6-8-18(13-15)29(26,27)19-9-10-21-20(14-19)16(2)17(3)22(21)11-4-5-12-28(23,24)25/h6-10,13-14,16H,4-5,11-12H2,1-3H3/p+1. The van der Waals surface area contributed by atoms with Crippen molar-refractivity contribution in [3.8, 4) is 0 Å². The summed E-state index contributed by atoms with van der Waals surface area (Å²) in [5, 5.41) is 0. The zero-order chi connectivity index (χ0) is 21.4. The van der Waals surface area contributed by atoms with Crippen LogP contribution in [0.4, 0.5) is 5.69 Å². The fourth-order valence-electron chi connectivity index (χ4n) is 3.71. The average molecular weight is 437 g/mol. The molecule has 2 aromatic carbocycles. The van der Waals surface area contributed by atoms with Crippen molar-refractivity contribution in [3.05, 3.63) is 53.6 Å². The van der Waals surface area contributed by atoms with E-state index in [4.69, 9.17) is 4.55 Å².